The lowest BCUT2D eigenvalue weighted by Gasteiger charge is -2.31. The van der Waals surface area contributed by atoms with E-state index in [0.717, 1.165) is 11.1 Å². The standard InChI is InChI=1S/C21H26NO6P/c1-27-18-8-6-15(7-9-18)13-29(25,26)14-19-11-22-17(12-28-19)10-16-4-2-3-5-20(16)21(23)24/h2-9,17,19,22H,10-14H2,1H3,(H,23,24)(H,25,26)/t17-,19-/m1/s1. The van der Waals surface area contributed by atoms with Gasteiger partial charge in [-0.3, -0.25) is 4.57 Å². The Labute approximate surface area is 170 Å². The number of hydrogen-bond acceptors (Lipinski definition) is 5. The third-order valence-electron chi connectivity index (χ3n) is 4.96. The lowest BCUT2D eigenvalue weighted by atomic mass is 10.00. The van der Waals surface area contributed by atoms with Crippen LogP contribution in [0, 0.1) is 0 Å². The molecule has 0 saturated carbocycles. The molecule has 29 heavy (non-hydrogen) atoms. The fraction of sp³-hybridized carbons (Fsp3) is 0.381. The van der Waals surface area contributed by atoms with Crippen molar-refractivity contribution in [1.29, 1.82) is 0 Å². The van der Waals surface area contributed by atoms with E-state index in [9.17, 15) is 19.4 Å². The van der Waals surface area contributed by atoms with E-state index in [0.29, 0.717) is 25.3 Å². The summed E-state index contributed by atoms with van der Waals surface area (Å²) in [6.45, 7) is 0.814. The van der Waals surface area contributed by atoms with Gasteiger partial charge in [0.05, 0.1) is 31.5 Å². The van der Waals surface area contributed by atoms with E-state index in [4.69, 9.17) is 9.47 Å². The molecule has 0 spiro atoms. The molecule has 3 rings (SSSR count). The summed E-state index contributed by atoms with van der Waals surface area (Å²) in [7, 11) is -1.82. The van der Waals surface area contributed by atoms with Crippen molar-refractivity contribution >= 4 is 13.3 Å². The molecule has 1 fully saturated rings. The van der Waals surface area contributed by atoms with Gasteiger partial charge in [0, 0.05) is 18.7 Å². The van der Waals surface area contributed by atoms with Gasteiger partial charge in [-0.1, -0.05) is 30.3 Å². The Kier molecular flexibility index (Phi) is 7.09. The molecule has 8 heteroatoms. The Morgan fingerprint density at radius 1 is 1.24 bits per heavy atom. The van der Waals surface area contributed by atoms with Gasteiger partial charge in [-0.15, -0.1) is 0 Å². The molecular weight excluding hydrogens is 393 g/mol. The highest BCUT2D eigenvalue weighted by Gasteiger charge is 2.29. The van der Waals surface area contributed by atoms with Gasteiger partial charge >= 0.3 is 5.97 Å². The number of benzene rings is 2. The molecule has 0 radical (unpaired) electrons. The number of rotatable bonds is 8. The Morgan fingerprint density at radius 2 is 1.97 bits per heavy atom. The zero-order chi connectivity index (χ0) is 20.9. The van der Waals surface area contributed by atoms with Gasteiger partial charge < -0.3 is 24.8 Å². The molecule has 1 heterocycles. The summed E-state index contributed by atoms with van der Waals surface area (Å²) < 4.78 is 23.6. The Hall–Kier alpha value is -2.18. The maximum atomic E-state index is 12.6. The molecule has 0 aromatic heterocycles. The molecule has 3 atom stereocenters. The number of ether oxygens (including phenoxy) is 2. The minimum Gasteiger partial charge on any atom is -0.497 e. The predicted molar refractivity (Wildman–Crippen MR) is 110 cm³/mol. The number of methoxy groups -OCH3 is 1. The fourth-order valence-corrected chi connectivity index (χ4v) is 5.27. The van der Waals surface area contributed by atoms with Crippen LogP contribution in [0.3, 0.4) is 0 Å². The molecule has 2 aromatic rings. The first kappa shape index (κ1) is 21.5. The average Bonchev–Trinajstić information content (AvgIpc) is 2.70. The number of carboxylic acids is 1. The molecule has 0 amide bonds. The first-order valence-electron chi connectivity index (χ1n) is 9.46. The molecule has 1 aliphatic heterocycles. The van der Waals surface area contributed by atoms with Crippen molar-refractivity contribution in [3.05, 3.63) is 65.2 Å². The molecule has 1 aliphatic rings. The molecule has 3 N–H and O–H groups in total. The van der Waals surface area contributed by atoms with E-state index >= 15 is 0 Å². The van der Waals surface area contributed by atoms with E-state index in [-0.39, 0.29) is 30.0 Å². The topological polar surface area (TPSA) is 105 Å². The van der Waals surface area contributed by atoms with Gasteiger partial charge in [0.2, 0.25) is 7.37 Å². The summed E-state index contributed by atoms with van der Waals surface area (Å²) in [5.41, 5.74) is 1.81. The molecule has 7 nitrogen and oxygen atoms in total. The quantitative estimate of drug-likeness (QED) is 0.565. The summed E-state index contributed by atoms with van der Waals surface area (Å²) in [5, 5.41) is 12.6. The van der Waals surface area contributed by atoms with E-state index in [1.807, 2.05) is 6.07 Å². The SMILES string of the molecule is COc1ccc(CP(=O)(O)C[C@H]2CN[C@H](Cc3ccccc3C(=O)O)CO2)cc1. The predicted octanol–water partition coefficient (Wildman–Crippen LogP) is 2.76. The second-order valence-electron chi connectivity index (χ2n) is 7.26. The van der Waals surface area contributed by atoms with Gasteiger partial charge in [-0.05, 0) is 35.7 Å². The minimum atomic E-state index is -3.40. The van der Waals surface area contributed by atoms with E-state index in [1.165, 1.54) is 0 Å². The average molecular weight is 419 g/mol. The van der Waals surface area contributed by atoms with Crippen LogP contribution in [0.2, 0.25) is 0 Å². The monoisotopic (exact) mass is 419 g/mol. The van der Waals surface area contributed by atoms with Crippen molar-refractivity contribution in [1.82, 2.24) is 5.32 Å². The molecule has 0 bridgehead atoms. The second kappa shape index (κ2) is 9.55. The number of aromatic carboxylic acids is 1. The van der Waals surface area contributed by atoms with Crippen LogP contribution in [0.25, 0.3) is 0 Å². The lowest BCUT2D eigenvalue weighted by molar-refractivity contribution is 0.0161. The van der Waals surface area contributed by atoms with Crippen LogP contribution in [0.4, 0.5) is 0 Å². The third kappa shape index (κ3) is 6.15. The Morgan fingerprint density at radius 3 is 2.59 bits per heavy atom. The zero-order valence-electron chi connectivity index (χ0n) is 16.3. The second-order valence-corrected chi connectivity index (χ2v) is 9.64. The molecule has 156 valence electrons. The van der Waals surface area contributed by atoms with Gasteiger partial charge in [0.15, 0.2) is 0 Å². The molecule has 0 aliphatic carbocycles. The van der Waals surface area contributed by atoms with Gasteiger partial charge in [0.25, 0.3) is 0 Å². The van der Waals surface area contributed by atoms with Crippen LogP contribution < -0.4 is 10.1 Å². The summed E-state index contributed by atoms with van der Waals surface area (Å²) in [4.78, 5) is 21.7. The molecule has 2 aromatic carbocycles. The van der Waals surface area contributed by atoms with Gasteiger partial charge in [-0.25, -0.2) is 4.79 Å². The highest BCUT2D eigenvalue weighted by molar-refractivity contribution is 7.57. The molecular formula is C21H26NO6P. The normalized spacial score (nSPS) is 21.3. The van der Waals surface area contributed by atoms with E-state index in [1.54, 1.807) is 49.6 Å². The maximum absolute atomic E-state index is 12.6. The Balaban J connectivity index is 1.51. The third-order valence-corrected chi connectivity index (χ3v) is 6.80. The number of carbonyl (C=O) groups is 1. The first-order valence-corrected chi connectivity index (χ1v) is 11.5. The smallest absolute Gasteiger partial charge is 0.335 e. The Bertz CT molecular complexity index is 877. The van der Waals surface area contributed by atoms with Crippen molar-refractivity contribution in [3.8, 4) is 5.75 Å². The maximum Gasteiger partial charge on any atom is 0.335 e. The van der Waals surface area contributed by atoms with Crippen molar-refractivity contribution in [2.24, 2.45) is 0 Å². The van der Waals surface area contributed by atoms with Crippen molar-refractivity contribution in [2.45, 2.75) is 24.7 Å². The number of carboxylic acid groups (broad SMARTS) is 1. The van der Waals surface area contributed by atoms with Crippen LogP contribution in [0.15, 0.2) is 48.5 Å². The molecule has 1 unspecified atom stereocenters. The summed E-state index contributed by atoms with van der Waals surface area (Å²) >= 11 is 0. The number of nitrogens with one attached hydrogen (secondary N) is 1. The van der Waals surface area contributed by atoms with Gasteiger partial charge in [-0.2, -0.15) is 0 Å². The summed E-state index contributed by atoms with van der Waals surface area (Å²) in [5.74, 6) is -0.244. The van der Waals surface area contributed by atoms with Crippen LogP contribution in [-0.2, 0) is 21.9 Å². The number of morpholine rings is 1. The first-order chi connectivity index (χ1) is 13.9. The number of hydrogen-bond donors (Lipinski definition) is 3. The van der Waals surface area contributed by atoms with Crippen LogP contribution >= 0.6 is 7.37 Å². The summed E-state index contributed by atoms with van der Waals surface area (Å²) in [6, 6.07) is 14.0. The van der Waals surface area contributed by atoms with Crippen LogP contribution in [0.1, 0.15) is 21.5 Å². The van der Waals surface area contributed by atoms with Crippen LogP contribution in [0.5, 0.6) is 5.75 Å². The minimum absolute atomic E-state index is 0.0357. The fourth-order valence-electron chi connectivity index (χ4n) is 3.49. The van der Waals surface area contributed by atoms with Crippen molar-refractivity contribution < 1.29 is 28.8 Å². The largest absolute Gasteiger partial charge is 0.497 e. The summed E-state index contributed by atoms with van der Waals surface area (Å²) in [6.07, 6.45) is 0.337. The van der Waals surface area contributed by atoms with Crippen molar-refractivity contribution in [2.75, 3.05) is 26.4 Å². The zero-order valence-corrected chi connectivity index (χ0v) is 17.2. The highest BCUT2D eigenvalue weighted by atomic mass is 31.2. The highest BCUT2D eigenvalue weighted by Crippen LogP contribution is 2.45. The van der Waals surface area contributed by atoms with Crippen LogP contribution in [-0.4, -0.2) is 54.5 Å². The van der Waals surface area contributed by atoms with E-state index in [2.05, 4.69) is 5.32 Å². The molecule has 1 saturated heterocycles. The van der Waals surface area contributed by atoms with E-state index < -0.39 is 13.3 Å². The van der Waals surface area contributed by atoms with Gasteiger partial charge in [0.1, 0.15) is 5.75 Å². The lowest BCUT2D eigenvalue weighted by Crippen LogP contribution is -2.48. The van der Waals surface area contributed by atoms with Crippen molar-refractivity contribution in [3.63, 3.8) is 0 Å².